The van der Waals surface area contributed by atoms with Crippen LogP contribution in [-0.2, 0) is 25.8 Å². The fraction of sp³-hybridized carbons (Fsp3) is 0.176. The average molecular weight is 571 g/mol. The van der Waals surface area contributed by atoms with Gasteiger partial charge in [-0.15, -0.1) is 0 Å². The fourth-order valence-corrected chi connectivity index (χ4v) is 5.17. The number of hydrogen-bond acceptors (Lipinski definition) is 8. The lowest BCUT2D eigenvalue weighted by atomic mass is 10.1. The number of fused-ring (bicyclic) bond motifs is 1. The van der Waals surface area contributed by atoms with Crippen molar-refractivity contribution in [3.05, 3.63) is 131 Å². The molecule has 6 N–H and O–H groups in total. The van der Waals surface area contributed by atoms with E-state index in [2.05, 4.69) is 72.6 Å². The van der Waals surface area contributed by atoms with E-state index >= 15 is 0 Å². The molecule has 0 saturated carbocycles. The van der Waals surface area contributed by atoms with Crippen LogP contribution in [0, 0.1) is 0 Å². The Morgan fingerprint density at radius 2 is 1.33 bits per heavy atom. The summed E-state index contributed by atoms with van der Waals surface area (Å²) in [5.41, 5.74) is 12.6. The first kappa shape index (κ1) is 27.7. The summed E-state index contributed by atoms with van der Waals surface area (Å²) in [7, 11) is 0. The van der Waals surface area contributed by atoms with Crippen molar-refractivity contribution in [3.63, 3.8) is 0 Å². The first-order chi connectivity index (χ1) is 21.1. The third kappa shape index (κ3) is 7.26. The third-order valence-electron chi connectivity index (χ3n) is 7.44. The number of nitrogens with zero attached hydrogens (tertiary/aromatic N) is 3. The van der Waals surface area contributed by atoms with Crippen molar-refractivity contribution >= 4 is 35.1 Å². The Labute approximate surface area is 251 Å². The molecule has 9 nitrogen and oxygen atoms in total. The van der Waals surface area contributed by atoms with Gasteiger partial charge in [-0.2, -0.15) is 15.0 Å². The van der Waals surface area contributed by atoms with Crippen LogP contribution in [0.15, 0.2) is 103 Å². The van der Waals surface area contributed by atoms with E-state index < -0.39 is 0 Å². The SMILES string of the molecule is Nc1ccccc1NC(=O)c1ccc(CNc2nc(NCCc3ccccc3)nc(NC3Cc4ccccc4C3)n2)cc1. The van der Waals surface area contributed by atoms with E-state index in [0.717, 1.165) is 24.8 Å². The number of benzene rings is 4. The molecule has 4 aromatic carbocycles. The van der Waals surface area contributed by atoms with Gasteiger partial charge < -0.3 is 27.0 Å². The molecule has 0 unspecified atom stereocenters. The van der Waals surface area contributed by atoms with Gasteiger partial charge in [-0.3, -0.25) is 4.79 Å². The zero-order valence-electron chi connectivity index (χ0n) is 23.8. The number of nitrogen functional groups attached to an aromatic ring is 1. The van der Waals surface area contributed by atoms with E-state index in [4.69, 9.17) is 5.73 Å². The number of rotatable bonds is 11. The Morgan fingerprint density at radius 3 is 2.05 bits per heavy atom. The highest BCUT2D eigenvalue weighted by Gasteiger charge is 2.22. The van der Waals surface area contributed by atoms with Crippen molar-refractivity contribution in [1.29, 1.82) is 0 Å². The maximum absolute atomic E-state index is 12.7. The predicted octanol–water partition coefficient (Wildman–Crippen LogP) is 5.55. The van der Waals surface area contributed by atoms with Crippen molar-refractivity contribution in [2.24, 2.45) is 0 Å². The van der Waals surface area contributed by atoms with Gasteiger partial charge >= 0.3 is 0 Å². The van der Waals surface area contributed by atoms with Crippen LogP contribution in [0.3, 0.4) is 0 Å². The highest BCUT2D eigenvalue weighted by atomic mass is 16.1. The largest absolute Gasteiger partial charge is 0.397 e. The Bertz CT molecular complexity index is 1670. The number of anilines is 5. The molecule has 0 fully saturated rings. The van der Waals surface area contributed by atoms with Gasteiger partial charge in [0.2, 0.25) is 17.8 Å². The van der Waals surface area contributed by atoms with E-state index in [9.17, 15) is 4.79 Å². The van der Waals surface area contributed by atoms with Crippen LogP contribution in [0.2, 0.25) is 0 Å². The molecule has 6 rings (SSSR count). The summed E-state index contributed by atoms with van der Waals surface area (Å²) in [4.78, 5) is 26.7. The normalized spacial score (nSPS) is 12.4. The Morgan fingerprint density at radius 1 is 0.698 bits per heavy atom. The van der Waals surface area contributed by atoms with Gasteiger partial charge in [0.15, 0.2) is 0 Å². The number of carbonyl (C=O) groups excluding carboxylic acids is 1. The standard InChI is InChI=1S/C34H34N8O/c35-29-12-6-7-13-30(29)39-31(43)25-16-14-24(15-17-25)22-37-33-40-32(36-19-18-23-8-2-1-3-9-23)41-34(42-33)38-28-20-26-10-4-5-11-27(26)21-28/h1-17,28H,18-22,35H2,(H,39,43)(H3,36,37,38,40,41,42). The zero-order valence-corrected chi connectivity index (χ0v) is 23.8. The van der Waals surface area contributed by atoms with E-state index in [1.807, 2.05) is 42.5 Å². The molecule has 0 radical (unpaired) electrons. The maximum Gasteiger partial charge on any atom is 0.255 e. The number of nitrogens with one attached hydrogen (secondary N) is 4. The number of para-hydroxylation sites is 2. The Kier molecular flexibility index (Phi) is 8.40. The summed E-state index contributed by atoms with van der Waals surface area (Å²) in [5, 5.41) is 13.1. The molecule has 0 atom stereocenters. The molecule has 0 aliphatic heterocycles. The molecule has 216 valence electrons. The smallest absolute Gasteiger partial charge is 0.255 e. The molecule has 1 aromatic heterocycles. The van der Waals surface area contributed by atoms with Gasteiger partial charge in [0.25, 0.3) is 5.91 Å². The molecule has 9 heteroatoms. The predicted molar refractivity (Wildman–Crippen MR) is 172 cm³/mol. The van der Waals surface area contributed by atoms with Crippen LogP contribution in [0.5, 0.6) is 0 Å². The van der Waals surface area contributed by atoms with Crippen molar-refractivity contribution in [2.75, 3.05) is 33.5 Å². The molecular weight excluding hydrogens is 536 g/mol. The van der Waals surface area contributed by atoms with E-state index in [-0.39, 0.29) is 11.9 Å². The second kappa shape index (κ2) is 13.0. The van der Waals surface area contributed by atoms with Gasteiger partial charge in [0.05, 0.1) is 11.4 Å². The van der Waals surface area contributed by atoms with E-state index in [1.54, 1.807) is 24.3 Å². The second-order valence-corrected chi connectivity index (χ2v) is 10.6. The number of amides is 1. The van der Waals surface area contributed by atoms with Crippen molar-refractivity contribution in [2.45, 2.75) is 31.8 Å². The van der Waals surface area contributed by atoms with Gasteiger partial charge in [-0.25, -0.2) is 0 Å². The zero-order chi connectivity index (χ0) is 29.4. The summed E-state index contributed by atoms with van der Waals surface area (Å²) in [5.74, 6) is 1.30. The third-order valence-corrected chi connectivity index (χ3v) is 7.44. The van der Waals surface area contributed by atoms with Gasteiger partial charge in [-0.1, -0.05) is 78.9 Å². The first-order valence-electron chi connectivity index (χ1n) is 14.4. The van der Waals surface area contributed by atoms with Gasteiger partial charge in [0.1, 0.15) is 0 Å². The minimum Gasteiger partial charge on any atom is -0.397 e. The van der Waals surface area contributed by atoms with Crippen LogP contribution in [0.1, 0.15) is 32.6 Å². The summed E-state index contributed by atoms with van der Waals surface area (Å²) >= 11 is 0. The number of nitrogens with two attached hydrogens (primary N) is 1. The lowest BCUT2D eigenvalue weighted by molar-refractivity contribution is 0.102. The average Bonchev–Trinajstić information content (AvgIpc) is 3.44. The summed E-state index contributed by atoms with van der Waals surface area (Å²) in [6.45, 7) is 1.18. The number of carbonyl (C=O) groups is 1. The van der Waals surface area contributed by atoms with Crippen LogP contribution in [-0.4, -0.2) is 33.4 Å². The minimum atomic E-state index is -0.217. The Balaban J connectivity index is 1.11. The molecule has 1 aliphatic carbocycles. The maximum atomic E-state index is 12.7. The topological polar surface area (TPSA) is 130 Å². The second-order valence-electron chi connectivity index (χ2n) is 10.6. The molecule has 5 aromatic rings. The fourth-order valence-electron chi connectivity index (χ4n) is 5.17. The monoisotopic (exact) mass is 570 g/mol. The van der Waals surface area contributed by atoms with E-state index in [0.29, 0.717) is 47.9 Å². The lowest BCUT2D eigenvalue weighted by Crippen LogP contribution is -2.22. The Hall–Kier alpha value is -5.44. The number of hydrogen-bond donors (Lipinski definition) is 5. The highest BCUT2D eigenvalue weighted by molar-refractivity contribution is 6.05. The van der Waals surface area contributed by atoms with Crippen molar-refractivity contribution in [1.82, 2.24) is 15.0 Å². The minimum absolute atomic E-state index is 0.217. The molecule has 0 spiro atoms. The summed E-state index contributed by atoms with van der Waals surface area (Å²) in [6, 6.07) is 33.7. The first-order valence-corrected chi connectivity index (χ1v) is 14.4. The molecular formula is C34H34N8O. The van der Waals surface area contributed by atoms with Crippen molar-refractivity contribution < 1.29 is 4.79 Å². The molecule has 1 heterocycles. The molecule has 43 heavy (non-hydrogen) atoms. The molecule has 1 amide bonds. The van der Waals surface area contributed by atoms with Crippen LogP contribution < -0.4 is 27.0 Å². The molecule has 0 bridgehead atoms. The van der Waals surface area contributed by atoms with Crippen molar-refractivity contribution in [3.8, 4) is 0 Å². The highest BCUT2D eigenvalue weighted by Crippen LogP contribution is 2.24. The van der Waals surface area contributed by atoms with Gasteiger partial charge in [-0.05, 0) is 65.8 Å². The van der Waals surface area contributed by atoms with Crippen LogP contribution in [0.4, 0.5) is 29.2 Å². The number of aromatic nitrogens is 3. The van der Waals surface area contributed by atoms with Crippen LogP contribution in [0.25, 0.3) is 0 Å². The van der Waals surface area contributed by atoms with E-state index in [1.165, 1.54) is 16.7 Å². The molecule has 1 aliphatic rings. The molecule has 0 saturated heterocycles. The van der Waals surface area contributed by atoms with Gasteiger partial charge in [0, 0.05) is 24.7 Å². The summed E-state index contributed by atoms with van der Waals surface area (Å²) in [6.07, 6.45) is 2.71. The van der Waals surface area contributed by atoms with Crippen LogP contribution >= 0.6 is 0 Å². The quantitative estimate of drug-likeness (QED) is 0.131. The lowest BCUT2D eigenvalue weighted by Gasteiger charge is -2.15. The summed E-state index contributed by atoms with van der Waals surface area (Å²) < 4.78 is 0.